The van der Waals surface area contributed by atoms with E-state index in [0.717, 1.165) is 28.6 Å². The Bertz CT molecular complexity index is 853. The molecule has 1 N–H and O–H groups in total. The van der Waals surface area contributed by atoms with Gasteiger partial charge < -0.3 is 5.11 Å². The molecule has 7 heteroatoms. The monoisotopic (exact) mass is 348 g/mol. The van der Waals surface area contributed by atoms with E-state index >= 15 is 0 Å². The second kappa shape index (κ2) is 5.78. The molecule has 0 spiro atoms. The van der Waals surface area contributed by atoms with Gasteiger partial charge in [0.1, 0.15) is 5.82 Å². The number of hydrogen-bond acceptors (Lipinski definition) is 5. The lowest BCUT2D eigenvalue weighted by atomic mass is 10.0. The van der Waals surface area contributed by atoms with Crippen molar-refractivity contribution in [1.82, 2.24) is 19.5 Å². The van der Waals surface area contributed by atoms with Crippen molar-refractivity contribution in [3.63, 3.8) is 0 Å². The number of likely N-dealkylation sites (tertiary alicyclic amines) is 1. The summed E-state index contributed by atoms with van der Waals surface area (Å²) in [7, 11) is 0. The highest BCUT2D eigenvalue weighted by Gasteiger charge is 2.32. The number of aromatic nitrogens is 3. The first kappa shape index (κ1) is 14.9. The van der Waals surface area contributed by atoms with Crippen LogP contribution in [0.2, 0.25) is 5.02 Å². The molecule has 3 heterocycles. The molecule has 1 saturated heterocycles. The molecule has 0 amide bonds. The second-order valence-corrected chi connectivity index (χ2v) is 7.23. The molecule has 1 aliphatic rings. The molecule has 1 atom stereocenters. The highest BCUT2D eigenvalue weighted by atomic mass is 35.5. The molecule has 1 aliphatic heterocycles. The van der Waals surface area contributed by atoms with E-state index in [9.17, 15) is 5.11 Å². The minimum atomic E-state index is -0.0555. The highest BCUT2D eigenvalue weighted by molar-refractivity contribution is 7.17. The van der Waals surface area contributed by atoms with Crippen molar-refractivity contribution in [3.8, 4) is 5.88 Å². The van der Waals surface area contributed by atoms with Crippen LogP contribution in [0.1, 0.15) is 35.1 Å². The zero-order chi connectivity index (χ0) is 16.0. The summed E-state index contributed by atoms with van der Waals surface area (Å²) in [6.45, 7) is 3.83. The topological polar surface area (TPSA) is 53.7 Å². The van der Waals surface area contributed by atoms with Gasteiger partial charge in [0.05, 0.1) is 10.9 Å². The van der Waals surface area contributed by atoms with Crippen LogP contribution in [0.4, 0.5) is 0 Å². The summed E-state index contributed by atoms with van der Waals surface area (Å²) in [5.74, 6) is 0.830. The van der Waals surface area contributed by atoms with Gasteiger partial charge in [-0.25, -0.2) is 4.98 Å². The molecule has 1 unspecified atom stereocenters. The Morgan fingerprint density at radius 2 is 2.00 bits per heavy atom. The number of aryl methyl sites for hydroxylation is 1. The maximum absolute atomic E-state index is 10.7. The summed E-state index contributed by atoms with van der Waals surface area (Å²) in [5, 5.41) is 15.7. The van der Waals surface area contributed by atoms with Crippen molar-refractivity contribution in [2.75, 3.05) is 13.1 Å². The minimum absolute atomic E-state index is 0.0555. The van der Waals surface area contributed by atoms with Gasteiger partial charge in [0, 0.05) is 5.02 Å². The van der Waals surface area contributed by atoms with E-state index in [0.29, 0.717) is 10.8 Å². The summed E-state index contributed by atoms with van der Waals surface area (Å²) in [5.41, 5.74) is 1.02. The van der Waals surface area contributed by atoms with Crippen LogP contribution in [-0.2, 0) is 0 Å². The summed E-state index contributed by atoms with van der Waals surface area (Å²) in [6.07, 6.45) is 2.34. The molecule has 0 saturated carbocycles. The lowest BCUT2D eigenvalue weighted by Gasteiger charge is -2.27. The average molecular weight is 349 g/mol. The third-order valence-corrected chi connectivity index (χ3v) is 5.68. The van der Waals surface area contributed by atoms with Gasteiger partial charge in [0.25, 0.3) is 0 Å². The fourth-order valence-corrected chi connectivity index (χ4v) is 4.62. The predicted molar refractivity (Wildman–Crippen MR) is 91.4 cm³/mol. The van der Waals surface area contributed by atoms with Gasteiger partial charge in [-0.3, -0.25) is 4.90 Å². The fraction of sp³-hybridized carbons (Fsp3) is 0.375. The summed E-state index contributed by atoms with van der Waals surface area (Å²) in [6, 6.07) is 7.80. The summed E-state index contributed by atoms with van der Waals surface area (Å²) >= 11 is 7.94. The molecule has 0 aliphatic carbocycles. The van der Waals surface area contributed by atoms with E-state index in [2.05, 4.69) is 15.0 Å². The molecule has 0 bridgehead atoms. The van der Waals surface area contributed by atoms with Crippen LogP contribution in [-0.4, -0.2) is 37.7 Å². The van der Waals surface area contributed by atoms with Crippen molar-refractivity contribution in [3.05, 3.63) is 45.6 Å². The molecular formula is C16H17ClN4OS. The van der Waals surface area contributed by atoms with Crippen molar-refractivity contribution in [2.24, 2.45) is 0 Å². The van der Waals surface area contributed by atoms with E-state index in [1.165, 1.54) is 28.7 Å². The van der Waals surface area contributed by atoms with E-state index < -0.39 is 0 Å². The molecule has 2 aromatic heterocycles. The number of rotatable bonds is 3. The van der Waals surface area contributed by atoms with E-state index in [4.69, 9.17) is 11.6 Å². The van der Waals surface area contributed by atoms with E-state index in [1.54, 1.807) is 0 Å². The van der Waals surface area contributed by atoms with E-state index in [1.807, 2.05) is 31.2 Å². The lowest BCUT2D eigenvalue weighted by molar-refractivity contribution is 0.277. The number of thiazole rings is 1. The minimum Gasteiger partial charge on any atom is -0.492 e. The van der Waals surface area contributed by atoms with Gasteiger partial charge in [0.2, 0.25) is 10.8 Å². The predicted octanol–water partition coefficient (Wildman–Crippen LogP) is 3.64. The number of aromatic hydroxyl groups is 1. The van der Waals surface area contributed by atoms with Crippen LogP contribution in [0.25, 0.3) is 4.96 Å². The second-order valence-electron chi connectivity index (χ2n) is 5.81. The molecule has 3 aromatic rings. The Morgan fingerprint density at radius 1 is 1.26 bits per heavy atom. The fourth-order valence-electron chi connectivity index (χ4n) is 3.23. The molecule has 5 nitrogen and oxygen atoms in total. The highest BCUT2D eigenvalue weighted by Crippen LogP contribution is 2.42. The zero-order valence-corrected chi connectivity index (χ0v) is 14.3. The Morgan fingerprint density at radius 3 is 2.70 bits per heavy atom. The Labute approximate surface area is 143 Å². The van der Waals surface area contributed by atoms with Gasteiger partial charge >= 0.3 is 0 Å². The van der Waals surface area contributed by atoms with Gasteiger partial charge in [-0.05, 0) is 44.5 Å². The summed E-state index contributed by atoms with van der Waals surface area (Å²) < 4.78 is 1.52. The Kier molecular flexibility index (Phi) is 3.75. The first-order valence-corrected chi connectivity index (χ1v) is 8.88. The maximum Gasteiger partial charge on any atom is 0.230 e. The smallest absolute Gasteiger partial charge is 0.230 e. The zero-order valence-electron chi connectivity index (χ0n) is 12.7. The van der Waals surface area contributed by atoms with Crippen molar-refractivity contribution in [2.45, 2.75) is 25.8 Å². The number of hydrogen-bond donors (Lipinski definition) is 1. The first-order valence-electron chi connectivity index (χ1n) is 7.68. The normalized spacial score (nSPS) is 17.1. The SMILES string of the molecule is Cc1nc2sc(C(c3ccccc3Cl)N3CCCC3)c(O)n2n1. The molecule has 1 fully saturated rings. The third kappa shape index (κ3) is 2.51. The van der Waals surface area contributed by atoms with E-state index in [-0.39, 0.29) is 11.9 Å². The maximum atomic E-state index is 10.7. The standard InChI is InChI=1S/C16H17ClN4OS/c1-10-18-16-21(19-10)15(22)14(23-16)13(20-8-4-5-9-20)11-6-2-3-7-12(11)17/h2-3,6-7,13,22H,4-5,8-9H2,1H3. The molecular weight excluding hydrogens is 332 g/mol. The number of nitrogens with zero attached hydrogens (tertiary/aromatic N) is 4. The molecule has 120 valence electrons. The van der Waals surface area contributed by atoms with Gasteiger partial charge in [0.15, 0.2) is 0 Å². The number of benzene rings is 1. The van der Waals surface area contributed by atoms with Gasteiger partial charge in [-0.2, -0.15) is 4.52 Å². The van der Waals surface area contributed by atoms with Crippen molar-refractivity contribution in [1.29, 1.82) is 0 Å². The van der Waals surface area contributed by atoms with Crippen LogP contribution >= 0.6 is 22.9 Å². The van der Waals surface area contributed by atoms with Crippen molar-refractivity contribution >= 4 is 27.9 Å². The average Bonchev–Trinajstić information content (AvgIpc) is 3.22. The van der Waals surface area contributed by atoms with Crippen LogP contribution < -0.4 is 0 Å². The lowest BCUT2D eigenvalue weighted by Crippen LogP contribution is -2.26. The number of fused-ring (bicyclic) bond motifs is 1. The van der Waals surface area contributed by atoms with Crippen LogP contribution in [0.15, 0.2) is 24.3 Å². The molecule has 0 radical (unpaired) electrons. The van der Waals surface area contributed by atoms with Crippen LogP contribution in [0, 0.1) is 6.92 Å². The molecule has 1 aromatic carbocycles. The van der Waals surface area contributed by atoms with Gasteiger partial charge in [-0.1, -0.05) is 41.1 Å². The quantitative estimate of drug-likeness (QED) is 0.785. The van der Waals surface area contributed by atoms with Crippen molar-refractivity contribution < 1.29 is 5.11 Å². The Hall–Kier alpha value is -1.63. The summed E-state index contributed by atoms with van der Waals surface area (Å²) in [4.78, 5) is 8.32. The van der Waals surface area contributed by atoms with Crippen LogP contribution in [0.5, 0.6) is 5.88 Å². The third-order valence-electron chi connectivity index (χ3n) is 4.26. The van der Waals surface area contributed by atoms with Crippen LogP contribution in [0.3, 0.4) is 0 Å². The number of halogens is 1. The first-order chi connectivity index (χ1) is 11.1. The van der Waals surface area contributed by atoms with Gasteiger partial charge in [-0.15, -0.1) is 5.10 Å². The largest absolute Gasteiger partial charge is 0.492 e. The Balaban J connectivity index is 1.88. The molecule has 4 rings (SSSR count). The molecule has 23 heavy (non-hydrogen) atoms.